The third kappa shape index (κ3) is 4.34. The Bertz CT molecular complexity index is 786. The van der Waals surface area contributed by atoms with Gasteiger partial charge in [-0.15, -0.1) is 0 Å². The van der Waals surface area contributed by atoms with E-state index in [1.54, 1.807) is 21.3 Å². The van der Waals surface area contributed by atoms with Gasteiger partial charge in [-0.2, -0.15) is 0 Å². The molecule has 0 aromatic heterocycles. The Balaban J connectivity index is 1.60. The summed E-state index contributed by atoms with van der Waals surface area (Å²) in [6.07, 6.45) is 0. The number of rotatable bonds is 6. The molecule has 1 aliphatic heterocycles. The van der Waals surface area contributed by atoms with Crippen LogP contribution in [-0.4, -0.2) is 58.3 Å². The molecule has 1 heterocycles. The summed E-state index contributed by atoms with van der Waals surface area (Å²) >= 11 is 0. The minimum absolute atomic E-state index is 0.0395. The molecule has 1 N–H and O–H groups in total. The molecule has 2 aromatic carbocycles. The van der Waals surface area contributed by atoms with Gasteiger partial charge < -0.3 is 24.0 Å². The minimum Gasteiger partial charge on any atom is -0.496 e. The summed E-state index contributed by atoms with van der Waals surface area (Å²) in [4.78, 5) is 16.2. The van der Waals surface area contributed by atoms with E-state index in [-0.39, 0.29) is 5.91 Å². The van der Waals surface area contributed by atoms with Crippen LogP contribution >= 0.6 is 0 Å². The van der Waals surface area contributed by atoms with Crippen LogP contribution in [-0.2, 0) is 6.54 Å². The molecule has 0 radical (unpaired) electrons. The number of ether oxygens (including phenoxy) is 3. The molecule has 0 bridgehead atoms. The highest BCUT2D eigenvalue weighted by atomic mass is 16.5. The van der Waals surface area contributed by atoms with E-state index >= 15 is 0 Å². The van der Waals surface area contributed by atoms with Gasteiger partial charge in [0.05, 0.1) is 53.1 Å². The maximum absolute atomic E-state index is 12.8. The zero-order chi connectivity index (χ0) is 19.2. The van der Waals surface area contributed by atoms with E-state index in [4.69, 9.17) is 14.2 Å². The number of amides is 1. The molecule has 3 rings (SSSR count). The molecule has 6 heteroatoms. The van der Waals surface area contributed by atoms with Crippen molar-refractivity contribution in [1.29, 1.82) is 0 Å². The quantitative estimate of drug-likeness (QED) is 0.831. The molecule has 1 saturated heterocycles. The fourth-order valence-electron chi connectivity index (χ4n) is 3.47. The number of nitrogens with one attached hydrogen (secondary N) is 1. The Morgan fingerprint density at radius 3 is 2.26 bits per heavy atom. The molecule has 1 fully saturated rings. The van der Waals surface area contributed by atoms with Crippen molar-refractivity contribution < 1.29 is 23.9 Å². The lowest BCUT2D eigenvalue weighted by atomic mass is 10.1. The summed E-state index contributed by atoms with van der Waals surface area (Å²) in [6.45, 7) is 4.19. The van der Waals surface area contributed by atoms with E-state index < -0.39 is 0 Å². The molecule has 0 spiro atoms. The van der Waals surface area contributed by atoms with Crippen molar-refractivity contribution in [1.82, 2.24) is 4.90 Å². The molecular weight excluding hydrogens is 344 g/mol. The molecule has 0 saturated carbocycles. The highest BCUT2D eigenvalue weighted by Crippen LogP contribution is 2.27. The molecule has 1 amide bonds. The topological polar surface area (TPSA) is 52.4 Å². The molecule has 0 unspecified atom stereocenters. The summed E-state index contributed by atoms with van der Waals surface area (Å²) in [7, 11) is 4.88. The first-order valence-corrected chi connectivity index (χ1v) is 9.13. The van der Waals surface area contributed by atoms with Gasteiger partial charge >= 0.3 is 0 Å². The molecule has 0 aliphatic carbocycles. The smallest absolute Gasteiger partial charge is 0.258 e. The predicted molar refractivity (Wildman–Crippen MR) is 103 cm³/mol. The van der Waals surface area contributed by atoms with Crippen LogP contribution in [0.3, 0.4) is 0 Å². The zero-order valence-corrected chi connectivity index (χ0v) is 16.2. The molecule has 1 aliphatic rings. The van der Waals surface area contributed by atoms with Gasteiger partial charge in [-0.05, 0) is 30.3 Å². The van der Waals surface area contributed by atoms with E-state index in [2.05, 4.69) is 6.07 Å². The molecule has 0 atom stereocenters. The van der Waals surface area contributed by atoms with Crippen LogP contribution in [0.2, 0.25) is 0 Å². The average molecular weight is 371 g/mol. The van der Waals surface area contributed by atoms with Gasteiger partial charge in [-0.25, -0.2) is 0 Å². The average Bonchev–Trinajstić information content (AvgIpc) is 2.73. The van der Waals surface area contributed by atoms with Crippen molar-refractivity contribution in [3.05, 3.63) is 53.6 Å². The van der Waals surface area contributed by atoms with Gasteiger partial charge in [0.1, 0.15) is 12.3 Å². The van der Waals surface area contributed by atoms with Crippen molar-refractivity contribution >= 4 is 5.91 Å². The standard InChI is InChI=1S/C21H26N2O4/c1-25-18-7-5-4-6-17(18)21(24)23-12-10-22(11-13-23)15-16-8-9-19(26-2)20(14-16)27-3/h4-9,14H,10-13,15H2,1-3H3/p+1. The monoisotopic (exact) mass is 371 g/mol. The summed E-state index contributed by atoms with van der Waals surface area (Å²) in [6, 6.07) is 13.4. The number of nitrogens with zero attached hydrogens (tertiary/aromatic N) is 1. The van der Waals surface area contributed by atoms with Crippen LogP contribution in [0.25, 0.3) is 0 Å². The van der Waals surface area contributed by atoms with E-state index in [1.165, 1.54) is 10.5 Å². The number of quaternary nitrogens is 1. The maximum atomic E-state index is 12.8. The Morgan fingerprint density at radius 2 is 1.59 bits per heavy atom. The van der Waals surface area contributed by atoms with Crippen molar-refractivity contribution in [3.63, 3.8) is 0 Å². The normalized spacial score (nSPS) is 14.7. The van der Waals surface area contributed by atoms with Gasteiger partial charge in [-0.1, -0.05) is 12.1 Å². The summed E-state index contributed by atoms with van der Waals surface area (Å²) in [5.41, 5.74) is 1.83. The van der Waals surface area contributed by atoms with Gasteiger partial charge in [0.2, 0.25) is 0 Å². The van der Waals surface area contributed by atoms with E-state index in [9.17, 15) is 4.79 Å². The summed E-state index contributed by atoms with van der Waals surface area (Å²) in [5, 5.41) is 0. The number of benzene rings is 2. The Hall–Kier alpha value is -2.73. The van der Waals surface area contributed by atoms with Crippen LogP contribution in [0.15, 0.2) is 42.5 Å². The van der Waals surface area contributed by atoms with E-state index in [0.29, 0.717) is 11.3 Å². The number of para-hydroxylation sites is 1. The zero-order valence-electron chi connectivity index (χ0n) is 16.2. The molecular formula is C21H27N2O4+. The minimum atomic E-state index is 0.0395. The van der Waals surface area contributed by atoms with Crippen LogP contribution in [0, 0.1) is 0 Å². The predicted octanol–water partition coefficient (Wildman–Crippen LogP) is 1.25. The summed E-state index contributed by atoms with van der Waals surface area (Å²) < 4.78 is 16.0. The third-order valence-electron chi connectivity index (χ3n) is 5.00. The SMILES string of the molecule is COc1ccc(C[NH+]2CCN(C(=O)c3ccccc3OC)CC2)cc1OC. The maximum Gasteiger partial charge on any atom is 0.258 e. The lowest BCUT2D eigenvalue weighted by Gasteiger charge is -2.32. The molecule has 6 nitrogen and oxygen atoms in total. The lowest BCUT2D eigenvalue weighted by Crippen LogP contribution is -3.13. The van der Waals surface area contributed by atoms with Gasteiger partial charge in [0.15, 0.2) is 11.5 Å². The highest BCUT2D eigenvalue weighted by Gasteiger charge is 2.26. The Kier molecular flexibility index (Phi) is 6.19. The Morgan fingerprint density at radius 1 is 0.926 bits per heavy atom. The van der Waals surface area contributed by atoms with E-state index in [1.807, 2.05) is 41.3 Å². The fraction of sp³-hybridized carbons (Fsp3) is 0.381. The molecule has 27 heavy (non-hydrogen) atoms. The van der Waals surface area contributed by atoms with Gasteiger partial charge in [-0.3, -0.25) is 4.79 Å². The van der Waals surface area contributed by atoms with Crippen LogP contribution in [0.1, 0.15) is 15.9 Å². The van der Waals surface area contributed by atoms with Gasteiger partial charge in [0, 0.05) is 5.56 Å². The number of carbonyl (C=O) groups is 1. The third-order valence-corrected chi connectivity index (χ3v) is 5.00. The Labute approximate surface area is 160 Å². The number of piperazine rings is 1. The van der Waals surface area contributed by atoms with Crippen LogP contribution in [0.4, 0.5) is 0 Å². The molecule has 144 valence electrons. The largest absolute Gasteiger partial charge is 0.496 e. The first-order chi connectivity index (χ1) is 13.2. The fourth-order valence-corrected chi connectivity index (χ4v) is 3.47. The number of hydrogen-bond donors (Lipinski definition) is 1. The highest BCUT2D eigenvalue weighted by molar-refractivity contribution is 5.97. The lowest BCUT2D eigenvalue weighted by molar-refractivity contribution is -0.917. The molecule has 2 aromatic rings. The second-order valence-electron chi connectivity index (χ2n) is 6.61. The van der Waals surface area contributed by atoms with Crippen LogP contribution < -0.4 is 19.1 Å². The van der Waals surface area contributed by atoms with Crippen molar-refractivity contribution in [2.75, 3.05) is 47.5 Å². The number of hydrogen-bond acceptors (Lipinski definition) is 4. The van der Waals surface area contributed by atoms with Crippen molar-refractivity contribution in [2.45, 2.75) is 6.54 Å². The summed E-state index contributed by atoms with van der Waals surface area (Å²) in [5.74, 6) is 2.16. The first kappa shape index (κ1) is 19.0. The van der Waals surface area contributed by atoms with Crippen LogP contribution in [0.5, 0.6) is 17.2 Å². The number of methoxy groups -OCH3 is 3. The van der Waals surface area contributed by atoms with Gasteiger partial charge in [0.25, 0.3) is 5.91 Å². The first-order valence-electron chi connectivity index (χ1n) is 9.13. The second-order valence-corrected chi connectivity index (χ2v) is 6.61. The van der Waals surface area contributed by atoms with Crippen molar-refractivity contribution in [3.8, 4) is 17.2 Å². The van der Waals surface area contributed by atoms with E-state index in [0.717, 1.165) is 44.2 Å². The second kappa shape index (κ2) is 8.77. The van der Waals surface area contributed by atoms with Crippen molar-refractivity contribution in [2.24, 2.45) is 0 Å². The number of carbonyl (C=O) groups excluding carboxylic acids is 1.